The van der Waals surface area contributed by atoms with Crippen LogP contribution in [0, 0.1) is 5.92 Å². The summed E-state index contributed by atoms with van der Waals surface area (Å²) in [6.07, 6.45) is 5.25. The third-order valence-corrected chi connectivity index (χ3v) is 2.65. The van der Waals surface area contributed by atoms with Gasteiger partial charge in [-0.25, -0.2) is 0 Å². The fourth-order valence-electron chi connectivity index (χ4n) is 1.67. The summed E-state index contributed by atoms with van der Waals surface area (Å²) in [4.78, 5) is 10.8. The van der Waals surface area contributed by atoms with Gasteiger partial charge in [0.2, 0.25) is 0 Å². The molecule has 0 fully saturated rings. The molecule has 1 aliphatic rings. The largest absolute Gasteiger partial charge is 0.497 e. The summed E-state index contributed by atoms with van der Waals surface area (Å²) in [5.74, 6) is 1.69. The average Bonchev–Trinajstić information content (AvgIpc) is 2.38. The lowest BCUT2D eigenvalue weighted by Gasteiger charge is -2.22. The maximum Gasteiger partial charge on any atom is 0.198 e. The zero-order valence-corrected chi connectivity index (χ0v) is 10.7. The smallest absolute Gasteiger partial charge is 0.198 e. The molecule has 0 amide bonds. The molecule has 0 aromatic rings. The molecule has 0 N–H and O–H groups in total. The van der Waals surface area contributed by atoms with Crippen LogP contribution >= 0.6 is 0 Å². The van der Waals surface area contributed by atoms with Crippen LogP contribution in [0.25, 0.3) is 0 Å². The predicted molar refractivity (Wildman–Crippen MR) is 64.2 cm³/mol. The molecule has 1 atom stereocenters. The van der Waals surface area contributed by atoms with Crippen LogP contribution in [0.3, 0.4) is 0 Å². The Morgan fingerprint density at radius 1 is 1.41 bits per heavy atom. The Balaban J connectivity index is 2.82. The quantitative estimate of drug-likeness (QED) is 0.506. The molecule has 96 valence electrons. The van der Waals surface area contributed by atoms with Gasteiger partial charge >= 0.3 is 0 Å². The number of aldehydes is 1. The molecule has 1 rings (SSSR count). The molecule has 0 heterocycles. The highest BCUT2D eigenvalue weighted by Crippen LogP contribution is 2.29. The highest BCUT2D eigenvalue weighted by Gasteiger charge is 2.25. The first kappa shape index (κ1) is 13.6. The Kier molecular flexibility index (Phi) is 5.60. The average molecular weight is 240 g/mol. The minimum atomic E-state index is -0.196. The summed E-state index contributed by atoms with van der Waals surface area (Å²) in [7, 11) is 3.15. The lowest BCUT2D eigenvalue weighted by atomic mass is 9.99. The molecule has 4 heteroatoms. The lowest BCUT2D eigenvalue weighted by Crippen LogP contribution is -2.15. The molecule has 4 nitrogen and oxygen atoms in total. The molecule has 0 bridgehead atoms. The van der Waals surface area contributed by atoms with Gasteiger partial charge in [-0.2, -0.15) is 0 Å². The minimum Gasteiger partial charge on any atom is -0.497 e. The number of carbonyl (C=O) groups excluding carboxylic acids is 1. The van der Waals surface area contributed by atoms with Crippen LogP contribution in [0.1, 0.15) is 26.2 Å². The Bertz CT molecular complexity index is 317. The first-order valence-electron chi connectivity index (χ1n) is 5.88. The number of hydrogen-bond donors (Lipinski definition) is 0. The van der Waals surface area contributed by atoms with E-state index in [0.29, 0.717) is 30.3 Å². The Hall–Kier alpha value is -1.45. The van der Waals surface area contributed by atoms with E-state index in [2.05, 4.69) is 6.92 Å². The molecule has 0 saturated heterocycles. The van der Waals surface area contributed by atoms with E-state index in [1.807, 2.05) is 0 Å². The van der Waals surface area contributed by atoms with Crippen molar-refractivity contribution in [2.75, 3.05) is 20.8 Å². The van der Waals surface area contributed by atoms with Gasteiger partial charge in [0.25, 0.3) is 0 Å². The summed E-state index contributed by atoms with van der Waals surface area (Å²) in [6.45, 7) is 2.73. The van der Waals surface area contributed by atoms with Gasteiger partial charge < -0.3 is 19.0 Å². The summed E-state index contributed by atoms with van der Waals surface area (Å²) < 4.78 is 16.2. The van der Waals surface area contributed by atoms with Crippen molar-refractivity contribution >= 4 is 6.29 Å². The number of ether oxygens (including phenoxy) is 3. The number of rotatable bonds is 7. The van der Waals surface area contributed by atoms with Crippen molar-refractivity contribution in [2.24, 2.45) is 5.92 Å². The monoisotopic (exact) mass is 240 g/mol. The van der Waals surface area contributed by atoms with Crippen LogP contribution in [-0.4, -0.2) is 27.1 Å². The molecule has 0 aliphatic heterocycles. The van der Waals surface area contributed by atoms with Crippen LogP contribution < -0.4 is 0 Å². The zero-order valence-electron chi connectivity index (χ0n) is 10.7. The standard InChI is InChI=1S/C13H20O4/c1-4-5-6-17-13-11(15-2)7-10(9-14)8-12(13)16-3/h7,9-10H,4-6,8H2,1-3H3. The Morgan fingerprint density at radius 2 is 2.18 bits per heavy atom. The van der Waals surface area contributed by atoms with Crippen molar-refractivity contribution in [2.45, 2.75) is 26.2 Å². The van der Waals surface area contributed by atoms with E-state index in [-0.39, 0.29) is 5.92 Å². The SMILES string of the molecule is CCCCOC1=C(OC)CC(C=O)C=C1OC. The van der Waals surface area contributed by atoms with Gasteiger partial charge in [0, 0.05) is 12.3 Å². The maximum atomic E-state index is 10.8. The van der Waals surface area contributed by atoms with Crippen molar-refractivity contribution in [3.63, 3.8) is 0 Å². The van der Waals surface area contributed by atoms with Gasteiger partial charge in [-0.05, 0) is 12.5 Å². The molecular formula is C13H20O4. The number of methoxy groups -OCH3 is 2. The highest BCUT2D eigenvalue weighted by molar-refractivity contribution is 5.59. The lowest BCUT2D eigenvalue weighted by molar-refractivity contribution is -0.110. The summed E-state index contributed by atoms with van der Waals surface area (Å²) >= 11 is 0. The number of unbranched alkanes of at least 4 members (excludes halogenated alkanes) is 1. The summed E-state index contributed by atoms with van der Waals surface area (Å²) in [5.41, 5.74) is 0. The van der Waals surface area contributed by atoms with Gasteiger partial charge in [-0.15, -0.1) is 0 Å². The van der Waals surface area contributed by atoms with Gasteiger partial charge in [0.05, 0.1) is 20.8 Å². The molecule has 1 aliphatic carbocycles. The van der Waals surface area contributed by atoms with Gasteiger partial charge in [0.15, 0.2) is 11.5 Å². The van der Waals surface area contributed by atoms with Crippen molar-refractivity contribution in [1.29, 1.82) is 0 Å². The molecule has 17 heavy (non-hydrogen) atoms. The van der Waals surface area contributed by atoms with Crippen molar-refractivity contribution < 1.29 is 19.0 Å². The van der Waals surface area contributed by atoms with E-state index in [1.54, 1.807) is 20.3 Å². The van der Waals surface area contributed by atoms with E-state index in [9.17, 15) is 4.79 Å². The first-order chi connectivity index (χ1) is 8.26. The molecule has 0 radical (unpaired) electrons. The topological polar surface area (TPSA) is 44.8 Å². The van der Waals surface area contributed by atoms with E-state index < -0.39 is 0 Å². The highest BCUT2D eigenvalue weighted by atomic mass is 16.5. The zero-order chi connectivity index (χ0) is 12.7. The molecule has 0 saturated carbocycles. The van der Waals surface area contributed by atoms with Crippen LogP contribution in [0.15, 0.2) is 23.4 Å². The Labute approximate surface area is 102 Å². The normalized spacial score (nSPS) is 19.7. The second kappa shape index (κ2) is 6.99. The fourth-order valence-corrected chi connectivity index (χ4v) is 1.67. The number of hydrogen-bond acceptors (Lipinski definition) is 4. The van der Waals surface area contributed by atoms with Crippen LogP contribution in [0.5, 0.6) is 0 Å². The first-order valence-corrected chi connectivity index (χ1v) is 5.88. The van der Waals surface area contributed by atoms with Gasteiger partial charge in [-0.1, -0.05) is 13.3 Å². The van der Waals surface area contributed by atoms with E-state index in [0.717, 1.165) is 19.1 Å². The van der Waals surface area contributed by atoms with E-state index in [1.165, 1.54) is 0 Å². The van der Waals surface area contributed by atoms with Gasteiger partial charge in [-0.3, -0.25) is 0 Å². The predicted octanol–water partition coefficient (Wildman–Crippen LogP) is 2.41. The van der Waals surface area contributed by atoms with Crippen molar-refractivity contribution in [1.82, 2.24) is 0 Å². The Morgan fingerprint density at radius 3 is 2.71 bits per heavy atom. The molecule has 0 aromatic carbocycles. The number of carbonyl (C=O) groups is 1. The third-order valence-electron chi connectivity index (χ3n) is 2.65. The fraction of sp³-hybridized carbons (Fsp3) is 0.615. The summed E-state index contributed by atoms with van der Waals surface area (Å²) in [5, 5.41) is 0. The van der Waals surface area contributed by atoms with Crippen LogP contribution in [0.4, 0.5) is 0 Å². The third kappa shape index (κ3) is 3.51. The minimum absolute atomic E-state index is 0.196. The van der Waals surface area contributed by atoms with Crippen molar-refractivity contribution in [3.8, 4) is 0 Å². The van der Waals surface area contributed by atoms with Gasteiger partial charge in [0.1, 0.15) is 12.0 Å². The molecule has 0 aromatic heterocycles. The van der Waals surface area contributed by atoms with Crippen LogP contribution in [-0.2, 0) is 19.0 Å². The van der Waals surface area contributed by atoms with Crippen molar-refractivity contribution in [3.05, 3.63) is 23.4 Å². The molecule has 1 unspecified atom stereocenters. The second-order valence-corrected chi connectivity index (χ2v) is 3.90. The van der Waals surface area contributed by atoms with E-state index in [4.69, 9.17) is 14.2 Å². The number of allylic oxidation sites excluding steroid dienone is 2. The molecule has 0 spiro atoms. The van der Waals surface area contributed by atoms with E-state index >= 15 is 0 Å². The summed E-state index contributed by atoms with van der Waals surface area (Å²) in [6, 6.07) is 0. The molecular weight excluding hydrogens is 220 g/mol. The maximum absolute atomic E-state index is 10.8. The second-order valence-electron chi connectivity index (χ2n) is 3.90. The van der Waals surface area contributed by atoms with Crippen LogP contribution in [0.2, 0.25) is 0 Å².